The van der Waals surface area contributed by atoms with Crippen LogP contribution in [0.1, 0.15) is 35.0 Å². The molecule has 3 heteroatoms. The van der Waals surface area contributed by atoms with Gasteiger partial charge in [0.05, 0.1) is 0 Å². The minimum atomic E-state index is 0.0862. The van der Waals surface area contributed by atoms with Crippen LogP contribution in [0.25, 0.3) is 0 Å². The molecule has 0 spiro atoms. The number of ketones is 1. The van der Waals surface area contributed by atoms with Crippen LogP contribution in [0.15, 0.2) is 46.3 Å². The zero-order chi connectivity index (χ0) is 13.8. The van der Waals surface area contributed by atoms with Crippen molar-refractivity contribution >= 4 is 17.5 Å². The van der Waals surface area contributed by atoms with Crippen LogP contribution in [0.2, 0.25) is 0 Å². The summed E-state index contributed by atoms with van der Waals surface area (Å²) in [4.78, 5) is 18.0. The zero-order valence-corrected chi connectivity index (χ0v) is 12.3. The molecule has 0 fully saturated rings. The summed E-state index contributed by atoms with van der Waals surface area (Å²) in [5, 5.41) is 0. The average Bonchev–Trinajstić information content (AvgIpc) is 2.42. The minimum absolute atomic E-state index is 0.0862. The number of hydrogen-bond acceptors (Lipinski definition) is 3. The Labute approximate surface area is 118 Å². The quantitative estimate of drug-likeness (QED) is 0.770. The number of carbonyl (C=O) groups excluding carboxylic acids is 1. The minimum Gasteiger partial charge on any atom is -0.292 e. The molecule has 0 aliphatic carbocycles. The highest BCUT2D eigenvalue weighted by Crippen LogP contribution is 2.30. The Hall–Kier alpha value is -1.61. The van der Waals surface area contributed by atoms with E-state index >= 15 is 0 Å². The van der Waals surface area contributed by atoms with Crippen LogP contribution in [0, 0.1) is 13.8 Å². The topological polar surface area (TPSA) is 30.0 Å². The summed E-state index contributed by atoms with van der Waals surface area (Å²) >= 11 is 1.68. The number of rotatable bonds is 4. The van der Waals surface area contributed by atoms with E-state index in [1.54, 1.807) is 24.0 Å². The summed E-state index contributed by atoms with van der Waals surface area (Å²) in [7, 11) is 0. The van der Waals surface area contributed by atoms with E-state index in [9.17, 15) is 4.79 Å². The zero-order valence-electron chi connectivity index (χ0n) is 11.4. The predicted octanol–water partition coefficient (Wildman–Crippen LogP) is 4.44. The summed E-state index contributed by atoms with van der Waals surface area (Å²) in [5.41, 5.74) is 3.08. The van der Waals surface area contributed by atoms with Crippen molar-refractivity contribution in [1.82, 2.24) is 4.98 Å². The molecule has 1 aromatic carbocycles. The predicted molar refractivity (Wildman–Crippen MR) is 78.9 cm³/mol. The largest absolute Gasteiger partial charge is 0.292 e. The normalized spacial score (nSPS) is 10.5. The van der Waals surface area contributed by atoms with E-state index < -0.39 is 0 Å². The fraction of sp³-hybridized carbons (Fsp3) is 0.250. The van der Waals surface area contributed by atoms with Gasteiger partial charge in [0.25, 0.3) is 0 Å². The maximum Gasteiger partial charge on any atom is 0.180 e. The van der Waals surface area contributed by atoms with Crippen molar-refractivity contribution in [2.45, 2.75) is 37.0 Å². The molecule has 1 heterocycles. The van der Waals surface area contributed by atoms with Crippen LogP contribution >= 0.6 is 11.8 Å². The van der Waals surface area contributed by atoms with Gasteiger partial charge in [0, 0.05) is 22.4 Å². The lowest BCUT2D eigenvalue weighted by molar-refractivity contribution is 0.0983. The summed E-state index contributed by atoms with van der Waals surface area (Å²) in [6.45, 7) is 6.05. The maximum absolute atomic E-state index is 11.5. The first kappa shape index (κ1) is 13.8. The van der Waals surface area contributed by atoms with Crippen molar-refractivity contribution in [3.63, 3.8) is 0 Å². The van der Waals surface area contributed by atoms with Gasteiger partial charge in [-0.3, -0.25) is 9.78 Å². The molecule has 0 saturated heterocycles. The average molecular weight is 271 g/mol. The Kier molecular flexibility index (Phi) is 4.38. The molecule has 0 bridgehead atoms. The molecule has 2 aromatic rings. The van der Waals surface area contributed by atoms with Crippen molar-refractivity contribution in [3.05, 3.63) is 53.3 Å². The second-order valence-corrected chi connectivity index (χ2v) is 5.64. The van der Waals surface area contributed by atoms with Crippen LogP contribution in [-0.4, -0.2) is 10.8 Å². The fourth-order valence-electron chi connectivity index (χ4n) is 1.83. The Morgan fingerprint density at radius 3 is 2.58 bits per heavy atom. The van der Waals surface area contributed by atoms with E-state index in [1.165, 1.54) is 16.0 Å². The van der Waals surface area contributed by atoms with Crippen molar-refractivity contribution < 1.29 is 4.79 Å². The Bertz CT molecular complexity index is 590. The second kappa shape index (κ2) is 6.02. The van der Waals surface area contributed by atoms with Gasteiger partial charge >= 0.3 is 0 Å². The number of carbonyl (C=O) groups is 1. The molecule has 0 atom stereocenters. The van der Waals surface area contributed by atoms with E-state index in [0.717, 1.165) is 4.90 Å². The smallest absolute Gasteiger partial charge is 0.180 e. The molecule has 1 aromatic heterocycles. The SMILES string of the molecule is CCC(=O)c1ccc(Sc2ccc(C)cc2C)cn1. The standard InChI is InChI=1S/C16H17NOS/c1-4-15(18)14-7-6-13(10-17-14)19-16-8-5-11(2)9-12(16)3/h5-10H,4H2,1-3H3. The van der Waals surface area contributed by atoms with Crippen LogP contribution < -0.4 is 0 Å². The number of aromatic nitrogens is 1. The van der Waals surface area contributed by atoms with Gasteiger partial charge in [0.1, 0.15) is 5.69 Å². The third kappa shape index (κ3) is 3.44. The van der Waals surface area contributed by atoms with E-state index in [4.69, 9.17) is 0 Å². The lowest BCUT2D eigenvalue weighted by atomic mass is 10.2. The monoisotopic (exact) mass is 271 g/mol. The van der Waals surface area contributed by atoms with Crippen molar-refractivity contribution in [3.8, 4) is 0 Å². The molecule has 2 rings (SSSR count). The summed E-state index contributed by atoms with van der Waals surface area (Å²) in [5.74, 6) is 0.0862. The fourth-order valence-corrected chi connectivity index (χ4v) is 2.68. The van der Waals surface area contributed by atoms with Gasteiger partial charge in [-0.25, -0.2) is 0 Å². The van der Waals surface area contributed by atoms with E-state index in [2.05, 4.69) is 37.0 Å². The van der Waals surface area contributed by atoms with Crippen molar-refractivity contribution in [2.75, 3.05) is 0 Å². The molecule has 0 N–H and O–H groups in total. The molecular weight excluding hydrogens is 254 g/mol. The Morgan fingerprint density at radius 2 is 2.00 bits per heavy atom. The van der Waals surface area contributed by atoms with Gasteiger partial charge in [-0.2, -0.15) is 0 Å². The molecule has 0 saturated carbocycles. The van der Waals surface area contributed by atoms with Crippen LogP contribution in [0.5, 0.6) is 0 Å². The van der Waals surface area contributed by atoms with Gasteiger partial charge in [-0.1, -0.05) is 36.4 Å². The number of Topliss-reactive ketones (excluding diaryl/α,β-unsaturated/α-hetero) is 1. The van der Waals surface area contributed by atoms with E-state index in [-0.39, 0.29) is 5.78 Å². The molecule has 98 valence electrons. The number of hydrogen-bond donors (Lipinski definition) is 0. The van der Waals surface area contributed by atoms with E-state index in [1.807, 2.05) is 13.0 Å². The van der Waals surface area contributed by atoms with Gasteiger partial charge in [-0.05, 0) is 37.6 Å². The molecule has 0 aliphatic rings. The summed E-state index contributed by atoms with van der Waals surface area (Å²) < 4.78 is 0. The van der Waals surface area contributed by atoms with Gasteiger partial charge in [0.2, 0.25) is 0 Å². The molecular formula is C16H17NOS. The first-order valence-electron chi connectivity index (χ1n) is 6.34. The first-order valence-corrected chi connectivity index (χ1v) is 7.16. The third-order valence-corrected chi connectivity index (χ3v) is 4.06. The van der Waals surface area contributed by atoms with Crippen LogP contribution in [-0.2, 0) is 0 Å². The third-order valence-electron chi connectivity index (χ3n) is 2.90. The number of aryl methyl sites for hydroxylation is 2. The lowest BCUT2D eigenvalue weighted by Crippen LogP contribution is -1.99. The highest BCUT2D eigenvalue weighted by Gasteiger charge is 2.06. The number of pyridine rings is 1. The molecule has 0 unspecified atom stereocenters. The number of nitrogens with zero attached hydrogens (tertiary/aromatic N) is 1. The Balaban J connectivity index is 2.17. The highest BCUT2D eigenvalue weighted by molar-refractivity contribution is 7.99. The summed E-state index contributed by atoms with van der Waals surface area (Å²) in [6.07, 6.45) is 2.27. The van der Waals surface area contributed by atoms with Crippen LogP contribution in [0.4, 0.5) is 0 Å². The Morgan fingerprint density at radius 1 is 1.21 bits per heavy atom. The molecule has 0 amide bonds. The maximum atomic E-state index is 11.5. The van der Waals surface area contributed by atoms with Crippen molar-refractivity contribution in [1.29, 1.82) is 0 Å². The second-order valence-electron chi connectivity index (χ2n) is 4.53. The van der Waals surface area contributed by atoms with Gasteiger partial charge in [0.15, 0.2) is 5.78 Å². The molecule has 19 heavy (non-hydrogen) atoms. The lowest BCUT2D eigenvalue weighted by Gasteiger charge is -2.06. The van der Waals surface area contributed by atoms with Gasteiger partial charge < -0.3 is 0 Å². The van der Waals surface area contributed by atoms with Crippen molar-refractivity contribution in [2.24, 2.45) is 0 Å². The molecule has 2 nitrogen and oxygen atoms in total. The summed E-state index contributed by atoms with van der Waals surface area (Å²) in [6, 6.07) is 10.2. The van der Waals surface area contributed by atoms with E-state index in [0.29, 0.717) is 12.1 Å². The first-order chi connectivity index (χ1) is 9.10. The highest BCUT2D eigenvalue weighted by atomic mass is 32.2. The van der Waals surface area contributed by atoms with Crippen LogP contribution in [0.3, 0.4) is 0 Å². The van der Waals surface area contributed by atoms with Gasteiger partial charge in [-0.15, -0.1) is 0 Å². The molecule has 0 radical (unpaired) electrons. The number of benzene rings is 1. The molecule has 0 aliphatic heterocycles.